The van der Waals surface area contributed by atoms with Crippen LogP contribution in [0.4, 0.5) is 0 Å². The van der Waals surface area contributed by atoms with Gasteiger partial charge in [0.1, 0.15) is 5.78 Å². The Hall–Kier alpha value is -1.26. The fraction of sp³-hybridized carbons (Fsp3) is 0.800. The second kappa shape index (κ2) is 3.72. The zero-order valence-electron chi connectivity index (χ0n) is 9.23. The topological polar surface area (TPSA) is 60.7 Å². The Bertz CT molecular complexity index is 365. The largest absolute Gasteiger partial charge is 0.299 e. The third kappa shape index (κ3) is 2.06. The first kappa shape index (κ1) is 10.3. The Labute approximate surface area is 88.9 Å². The number of carbonyl (C=O) groups is 1. The Kier molecular flexibility index (Phi) is 2.54. The molecule has 1 aromatic rings. The molecule has 1 aliphatic rings. The number of Topliss-reactive ketones (excluding diaryl/α,β-unsaturated/α-hetero) is 1. The zero-order valence-corrected chi connectivity index (χ0v) is 9.23. The van der Waals surface area contributed by atoms with Crippen LogP contribution in [0.1, 0.15) is 38.4 Å². The number of nitrogens with zero attached hydrogens (tertiary/aromatic N) is 4. The number of aryl methyl sites for hydroxylation is 1. The molecule has 0 radical (unpaired) electrons. The molecule has 82 valence electrons. The molecule has 0 N–H and O–H groups in total. The van der Waals surface area contributed by atoms with E-state index in [4.69, 9.17) is 0 Å². The van der Waals surface area contributed by atoms with Gasteiger partial charge in [0.15, 0.2) is 5.82 Å². The summed E-state index contributed by atoms with van der Waals surface area (Å²) in [6.45, 7) is 2.05. The van der Waals surface area contributed by atoms with Gasteiger partial charge < -0.3 is 0 Å². The third-order valence-corrected chi connectivity index (χ3v) is 3.25. The molecule has 0 amide bonds. The molecule has 2 rings (SSSR count). The fourth-order valence-electron chi connectivity index (χ4n) is 2.19. The highest BCUT2D eigenvalue weighted by Crippen LogP contribution is 2.38. The lowest BCUT2D eigenvalue weighted by Gasteiger charge is -2.20. The van der Waals surface area contributed by atoms with Crippen LogP contribution in [0.3, 0.4) is 0 Å². The summed E-state index contributed by atoms with van der Waals surface area (Å²) >= 11 is 0. The number of rotatable bonds is 3. The first-order valence-corrected chi connectivity index (χ1v) is 5.36. The zero-order chi connectivity index (χ0) is 10.9. The van der Waals surface area contributed by atoms with Crippen LogP contribution in [0.15, 0.2) is 0 Å². The predicted molar refractivity (Wildman–Crippen MR) is 54.1 cm³/mol. The lowest BCUT2D eigenvalue weighted by molar-refractivity contribution is -0.127. The van der Waals surface area contributed by atoms with E-state index in [1.165, 1.54) is 4.80 Å². The van der Waals surface area contributed by atoms with Gasteiger partial charge >= 0.3 is 0 Å². The molecule has 0 aliphatic heterocycles. The molecule has 1 aliphatic carbocycles. The molecule has 1 fully saturated rings. The van der Waals surface area contributed by atoms with Gasteiger partial charge in [0.25, 0.3) is 0 Å². The summed E-state index contributed by atoms with van der Waals surface area (Å²) in [7, 11) is 1.71. The van der Waals surface area contributed by atoms with Crippen molar-refractivity contribution in [3.63, 3.8) is 0 Å². The van der Waals surface area contributed by atoms with Crippen LogP contribution < -0.4 is 0 Å². The minimum atomic E-state index is -0.140. The average Bonchev–Trinajstić information content (AvgIpc) is 2.76. The second-order valence-electron chi connectivity index (χ2n) is 4.56. The van der Waals surface area contributed by atoms with Crippen LogP contribution >= 0.6 is 0 Å². The molecular formula is C10H16N4O. The van der Waals surface area contributed by atoms with Crippen LogP contribution in [0, 0.1) is 5.41 Å². The summed E-state index contributed by atoms with van der Waals surface area (Å²) in [5.41, 5.74) is -0.140. The number of hydrogen-bond donors (Lipinski definition) is 0. The number of hydrogen-bond acceptors (Lipinski definition) is 4. The maximum atomic E-state index is 12.0. The Morgan fingerprint density at radius 3 is 2.67 bits per heavy atom. The van der Waals surface area contributed by atoms with E-state index < -0.39 is 0 Å². The van der Waals surface area contributed by atoms with Gasteiger partial charge in [-0.05, 0) is 18.1 Å². The molecule has 5 nitrogen and oxygen atoms in total. The summed E-state index contributed by atoms with van der Waals surface area (Å²) in [5, 5.41) is 11.6. The molecule has 0 aromatic carbocycles. The molecule has 0 spiro atoms. The van der Waals surface area contributed by atoms with Crippen molar-refractivity contribution in [3.8, 4) is 0 Å². The minimum Gasteiger partial charge on any atom is -0.299 e. The molecule has 1 heterocycles. The molecule has 5 heteroatoms. The van der Waals surface area contributed by atoms with Gasteiger partial charge in [0, 0.05) is 5.41 Å². The van der Waals surface area contributed by atoms with Crippen molar-refractivity contribution in [2.24, 2.45) is 12.5 Å². The number of carbonyl (C=O) groups excluding carboxylic acids is 1. The van der Waals surface area contributed by atoms with Crippen molar-refractivity contribution >= 4 is 5.78 Å². The van der Waals surface area contributed by atoms with Gasteiger partial charge in [-0.25, -0.2) is 0 Å². The van der Waals surface area contributed by atoms with Gasteiger partial charge in [0.05, 0.1) is 13.5 Å². The van der Waals surface area contributed by atoms with Gasteiger partial charge in [-0.15, -0.1) is 10.2 Å². The van der Waals surface area contributed by atoms with Gasteiger partial charge in [-0.2, -0.15) is 4.80 Å². The average molecular weight is 208 g/mol. The van der Waals surface area contributed by atoms with Crippen LogP contribution in [0.25, 0.3) is 0 Å². The van der Waals surface area contributed by atoms with Crippen molar-refractivity contribution in [2.45, 2.75) is 39.0 Å². The molecule has 15 heavy (non-hydrogen) atoms. The first-order valence-electron chi connectivity index (χ1n) is 5.36. The minimum absolute atomic E-state index is 0.140. The second-order valence-corrected chi connectivity index (χ2v) is 4.56. The molecule has 1 saturated carbocycles. The number of tetrazole rings is 1. The van der Waals surface area contributed by atoms with Crippen LogP contribution in [-0.4, -0.2) is 26.0 Å². The SMILES string of the molecule is Cn1nnc(CC(=O)C2(C)CCCC2)n1. The highest BCUT2D eigenvalue weighted by atomic mass is 16.1. The fourth-order valence-corrected chi connectivity index (χ4v) is 2.19. The summed E-state index contributed by atoms with van der Waals surface area (Å²) in [6.07, 6.45) is 4.66. The standard InChI is InChI=1S/C10H16N4O/c1-10(5-3-4-6-10)8(15)7-9-11-13-14(2)12-9/h3-7H2,1-2H3. The van der Waals surface area contributed by atoms with E-state index in [1.54, 1.807) is 7.05 Å². The predicted octanol–water partition coefficient (Wildman–Crippen LogP) is 0.902. The molecule has 0 bridgehead atoms. The van der Waals surface area contributed by atoms with Crippen molar-refractivity contribution in [1.29, 1.82) is 0 Å². The van der Waals surface area contributed by atoms with E-state index in [0.717, 1.165) is 25.7 Å². The van der Waals surface area contributed by atoms with Crippen LogP contribution in [0.2, 0.25) is 0 Å². The molecule has 0 unspecified atom stereocenters. The lowest BCUT2D eigenvalue weighted by Crippen LogP contribution is -2.26. The van der Waals surface area contributed by atoms with Gasteiger partial charge in [0.2, 0.25) is 0 Å². The Balaban J connectivity index is 2.03. The summed E-state index contributed by atoms with van der Waals surface area (Å²) in [6, 6.07) is 0. The molecular weight excluding hydrogens is 192 g/mol. The van der Waals surface area contributed by atoms with Crippen molar-refractivity contribution in [1.82, 2.24) is 20.2 Å². The normalized spacial score (nSPS) is 19.3. The first-order chi connectivity index (χ1) is 7.10. The molecule has 1 aromatic heterocycles. The van der Waals surface area contributed by atoms with E-state index in [9.17, 15) is 4.79 Å². The van der Waals surface area contributed by atoms with E-state index in [0.29, 0.717) is 12.2 Å². The summed E-state index contributed by atoms with van der Waals surface area (Å²) in [5.74, 6) is 0.795. The van der Waals surface area contributed by atoms with Crippen molar-refractivity contribution in [2.75, 3.05) is 0 Å². The smallest absolute Gasteiger partial charge is 0.182 e. The van der Waals surface area contributed by atoms with E-state index in [1.807, 2.05) is 0 Å². The van der Waals surface area contributed by atoms with Crippen LogP contribution in [-0.2, 0) is 18.3 Å². The van der Waals surface area contributed by atoms with Crippen molar-refractivity contribution < 1.29 is 4.79 Å². The Morgan fingerprint density at radius 1 is 1.47 bits per heavy atom. The van der Waals surface area contributed by atoms with E-state index in [2.05, 4.69) is 22.3 Å². The lowest BCUT2D eigenvalue weighted by atomic mass is 9.82. The highest BCUT2D eigenvalue weighted by molar-refractivity contribution is 5.86. The van der Waals surface area contributed by atoms with Gasteiger partial charge in [-0.3, -0.25) is 4.79 Å². The van der Waals surface area contributed by atoms with E-state index >= 15 is 0 Å². The maximum absolute atomic E-state index is 12.0. The Morgan fingerprint density at radius 2 is 2.13 bits per heavy atom. The van der Waals surface area contributed by atoms with Crippen LogP contribution in [0.5, 0.6) is 0 Å². The van der Waals surface area contributed by atoms with Crippen molar-refractivity contribution in [3.05, 3.63) is 5.82 Å². The molecule has 0 saturated heterocycles. The highest BCUT2D eigenvalue weighted by Gasteiger charge is 2.36. The third-order valence-electron chi connectivity index (χ3n) is 3.25. The quantitative estimate of drug-likeness (QED) is 0.740. The number of aromatic nitrogens is 4. The maximum Gasteiger partial charge on any atom is 0.182 e. The van der Waals surface area contributed by atoms with E-state index in [-0.39, 0.29) is 11.2 Å². The number of ketones is 1. The monoisotopic (exact) mass is 208 g/mol. The summed E-state index contributed by atoms with van der Waals surface area (Å²) in [4.78, 5) is 13.4. The molecule has 0 atom stereocenters. The summed E-state index contributed by atoms with van der Waals surface area (Å²) < 4.78 is 0. The van der Waals surface area contributed by atoms with Gasteiger partial charge in [-0.1, -0.05) is 19.8 Å².